The summed E-state index contributed by atoms with van der Waals surface area (Å²) in [5.41, 5.74) is 3.59. The van der Waals surface area contributed by atoms with Gasteiger partial charge in [0.1, 0.15) is 5.69 Å². The number of aromatic nitrogens is 3. The Kier molecular flexibility index (Phi) is 5.81. The normalized spacial score (nSPS) is 10.5. The van der Waals surface area contributed by atoms with Crippen LogP contribution in [0.15, 0.2) is 66.2 Å². The van der Waals surface area contributed by atoms with Crippen molar-refractivity contribution in [2.45, 2.75) is 6.92 Å². The van der Waals surface area contributed by atoms with Gasteiger partial charge in [-0.1, -0.05) is 30.3 Å². The van der Waals surface area contributed by atoms with Gasteiger partial charge in [-0.25, -0.2) is 9.97 Å². The van der Waals surface area contributed by atoms with Gasteiger partial charge in [0.15, 0.2) is 10.9 Å². The SMILES string of the molecule is COc1cccc(-c2csc(NC(=O)c3cccnc3-c3ccc(C(C)=O)cc3)n2)n1. The molecule has 7 nitrogen and oxygen atoms in total. The van der Waals surface area contributed by atoms with Crippen LogP contribution in [0.3, 0.4) is 0 Å². The number of amides is 1. The van der Waals surface area contributed by atoms with Gasteiger partial charge in [0, 0.05) is 28.8 Å². The molecule has 3 aromatic heterocycles. The highest BCUT2D eigenvalue weighted by Gasteiger charge is 2.16. The number of nitrogens with one attached hydrogen (secondary N) is 1. The first kappa shape index (κ1) is 20.4. The van der Waals surface area contributed by atoms with E-state index in [-0.39, 0.29) is 11.7 Å². The first-order valence-electron chi connectivity index (χ1n) is 9.40. The van der Waals surface area contributed by atoms with Crippen molar-refractivity contribution in [3.05, 3.63) is 77.3 Å². The van der Waals surface area contributed by atoms with Crippen LogP contribution < -0.4 is 10.1 Å². The van der Waals surface area contributed by atoms with Crippen LogP contribution in [0.2, 0.25) is 0 Å². The molecule has 0 aliphatic heterocycles. The zero-order valence-electron chi connectivity index (χ0n) is 16.8. The van der Waals surface area contributed by atoms with Gasteiger partial charge >= 0.3 is 0 Å². The van der Waals surface area contributed by atoms with Crippen LogP contribution in [-0.4, -0.2) is 33.8 Å². The van der Waals surface area contributed by atoms with E-state index < -0.39 is 0 Å². The van der Waals surface area contributed by atoms with Crippen LogP contribution in [-0.2, 0) is 0 Å². The van der Waals surface area contributed by atoms with E-state index in [9.17, 15) is 9.59 Å². The standard InChI is InChI=1S/C23H18N4O3S/c1-14(28)15-8-10-16(11-9-15)21-17(5-4-12-24-21)22(29)27-23-26-19(13-31-23)18-6-3-7-20(25-18)30-2/h3-13H,1-2H3,(H,26,27,29). The maximum atomic E-state index is 13.0. The Labute approximate surface area is 182 Å². The molecule has 0 spiro atoms. The van der Waals surface area contributed by atoms with Crippen molar-refractivity contribution in [2.75, 3.05) is 12.4 Å². The van der Waals surface area contributed by atoms with Crippen LogP contribution in [0, 0.1) is 0 Å². The van der Waals surface area contributed by atoms with E-state index >= 15 is 0 Å². The Balaban J connectivity index is 1.57. The van der Waals surface area contributed by atoms with Gasteiger partial charge in [0.05, 0.1) is 24.1 Å². The highest BCUT2D eigenvalue weighted by Crippen LogP contribution is 2.27. The van der Waals surface area contributed by atoms with E-state index in [1.807, 2.05) is 17.5 Å². The molecule has 8 heteroatoms. The Hall–Kier alpha value is -3.91. The second-order valence-corrected chi connectivity index (χ2v) is 7.45. The van der Waals surface area contributed by atoms with E-state index in [2.05, 4.69) is 20.3 Å². The number of carbonyl (C=O) groups is 2. The van der Waals surface area contributed by atoms with Crippen LogP contribution in [0.5, 0.6) is 5.88 Å². The van der Waals surface area contributed by atoms with Crippen molar-refractivity contribution in [3.63, 3.8) is 0 Å². The van der Waals surface area contributed by atoms with Crippen molar-refractivity contribution in [1.29, 1.82) is 0 Å². The molecule has 0 radical (unpaired) electrons. The average Bonchev–Trinajstić information content (AvgIpc) is 3.27. The summed E-state index contributed by atoms with van der Waals surface area (Å²) >= 11 is 1.31. The lowest BCUT2D eigenvalue weighted by Gasteiger charge is -2.08. The average molecular weight is 430 g/mol. The van der Waals surface area contributed by atoms with Crippen molar-refractivity contribution < 1.29 is 14.3 Å². The number of ether oxygens (including phenoxy) is 1. The molecule has 3 heterocycles. The summed E-state index contributed by atoms with van der Waals surface area (Å²) in [5.74, 6) is 0.153. The van der Waals surface area contributed by atoms with E-state index in [1.165, 1.54) is 18.3 Å². The molecule has 0 atom stereocenters. The molecule has 31 heavy (non-hydrogen) atoms. The van der Waals surface area contributed by atoms with Gasteiger partial charge in [-0.15, -0.1) is 11.3 Å². The lowest BCUT2D eigenvalue weighted by atomic mass is 10.0. The number of ketones is 1. The second kappa shape index (κ2) is 8.85. The molecule has 1 amide bonds. The summed E-state index contributed by atoms with van der Waals surface area (Å²) in [6, 6.07) is 15.8. The van der Waals surface area contributed by atoms with Crippen molar-refractivity contribution >= 4 is 28.2 Å². The smallest absolute Gasteiger partial charge is 0.259 e. The van der Waals surface area contributed by atoms with E-state index in [0.717, 1.165) is 5.56 Å². The van der Waals surface area contributed by atoms with Crippen LogP contribution >= 0.6 is 11.3 Å². The third-order valence-corrected chi connectivity index (χ3v) is 5.29. The maximum Gasteiger partial charge on any atom is 0.259 e. The molecule has 1 N–H and O–H groups in total. The lowest BCUT2D eigenvalue weighted by molar-refractivity contribution is 0.101. The van der Waals surface area contributed by atoms with Crippen molar-refractivity contribution in [3.8, 4) is 28.5 Å². The van der Waals surface area contributed by atoms with Gasteiger partial charge in [0.2, 0.25) is 5.88 Å². The van der Waals surface area contributed by atoms with E-state index in [1.54, 1.807) is 55.8 Å². The first-order valence-corrected chi connectivity index (χ1v) is 10.3. The molecule has 0 aliphatic carbocycles. The predicted molar refractivity (Wildman–Crippen MR) is 120 cm³/mol. The Morgan fingerprint density at radius 3 is 2.52 bits per heavy atom. The Morgan fingerprint density at radius 2 is 1.77 bits per heavy atom. The summed E-state index contributed by atoms with van der Waals surface area (Å²) in [7, 11) is 1.55. The molecule has 0 unspecified atom stereocenters. The number of nitrogens with zero attached hydrogens (tertiary/aromatic N) is 3. The molecule has 0 saturated heterocycles. The molecule has 0 saturated carbocycles. The highest BCUT2D eigenvalue weighted by molar-refractivity contribution is 7.14. The summed E-state index contributed by atoms with van der Waals surface area (Å²) < 4.78 is 5.15. The fourth-order valence-corrected chi connectivity index (χ4v) is 3.67. The quantitative estimate of drug-likeness (QED) is 0.445. The monoisotopic (exact) mass is 430 g/mol. The number of benzene rings is 1. The topological polar surface area (TPSA) is 94.1 Å². The largest absolute Gasteiger partial charge is 0.481 e. The Bertz CT molecular complexity index is 1250. The minimum atomic E-state index is -0.321. The first-order chi connectivity index (χ1) is 15.0. The zero-order valence-corrected chi connectivity index (χ0v) is 17.6. The summed E-state index contributed by atoms with van der Waals surface area (Å²) in [5, 5.41) is 5.10. The van der Waals surface area contributed by atoms with E-state index in [4.69, 9.17) is 4.74 Å². The van der Waals surface area contributed by atoms with Crippen LogP contribution in [0.4, 0.5) is 5.13 Å². The van der Waals surface area contributed by atoms with Crippen LogP contribution in [0.25, 0.3) is 22.6 Å². The minimum absolute atomic E-state index is 0.0179. The number of hydrogen-bond donors (Lipinski definition) is 1. The number of pyridine rings is 2. The van der Waals surface area contributed by atoms with Gasteiger partial charge in [0.25, 0.3) is 5.91 Å². The Morgan fingerprint density at radius 1 is 0.968 bits per heavy atom. The number of Topliss-reactive ketones (excluding diaryl/α,β-unsaturated/α-hetero) is 1. The number of thiazole rings is 1. The van der Waals surface area contributed by atoms with Gasteiger partial charge in [-0.3, -0.25) is 19.9 Å². The fraction of sp³-hybridized carbons (Fsp3) is 0.0870. The van der Waals surface area contributed by atoms with Crippen molar-refractivity contribution in [2.24, 2.45) is 0 Å². The molecule has 0 aliphatic rings. The predicted octanol–water partition coefficient (Wildman–Crippen LogP) is 4.73. The summed E-state index contributed by atoms with van der Waals surface area (Å²) in [6.07, 6.45) is 1.63. The van der Waals surface area contributed by atoms with Gasteiger partial charge in [-0.05, 0) is 25.1 Å². The number of carbonyl (C=O) groups excluding carboxylic acids is 2. The molecular formula is C23H18N4O3S. The molecule has 154 valence electrons. The summed E-state index contributed by atoms with van der Waals surface area (Å²) in [4.78, 5) is 37.7. The molecular weight excluding hydrogens is 412 g/mol. The molecule has 4 aromatic rings. The number of methoxy groups -OCH3 is 1. The lowest BCUT2D eigenvalue weighted by Crippen LogP contribution is -2.13. The van der Waals surface area contributed by atoms with Crippen molar-refractivity contribution in [1.82, 2.24) is 15.0 Å². The van der Waals surface area contributed by atoms with Gasteiger partial charge in [-0.2, -0.15) is 0 Å². The fourth-order valence-electron chi connectivity index (χ4n) is 2.97. The van der Waals surface area contributed by atoms with Gasteiger partial charge < -0.3 is 4.74 Å². The van der Waals surface area contributed by atoms with E-state index in [0.29, 0.717) is 39.2 Å². The third-order valence-electron chi connectivity index (χ3n) is 4.54. The second-order valence-electron chi connectivity index (χ2n) is 6.59. The third kappa shape index (κ3) is 4.49. The molecule has 0 bridgehead atoms. The highest BCUT2D eigenvalue weighted by atomic mass is 32.1. The van der Waals surface area contributed by atoms with Crippen LogP contribution in [0.1, 0.15) is 27.6 Å². The summed E-state index contributed by atoms with van der Waals surface area (Å²) in [6.45, 7) is 1.51. The number of anilines is 1. The maximum absolute atomic E-state index is 13.0. The molecule has 1 aromatic carbocycles. The minimum Gasteiger partial charge on any atom is -0.481 e. The number of rotatable bonds is 6. The zero-order chi connectivity index (χ0) is 21.8. The number of hydrogen-bond acceptors (Lipinski definition) is 7. The molecule has 0 fully saturated rings. The molecule has 4 rings (SSSR count).